The van der Waals surface area contributed by atoms with E-state index in [1.807, 2.05) is 12.1 Å². The van der Waals surface area contributed by atoms with Crippen LogP contribution < -0.4 is 15.4 Å². The predicted molar refractivity (Wildman–Crippen MR) is 107 cm³/mol. The molecule has 0 unspecified atom stereocenters. The monoisotopic (exact) mass is 409 g/mol. The Morgan fingerprint density at radius 2 is 1.64 bits per heavy atom. The smallest absolute Gasteiger partial charge is 0.406 e. The van der Waals surface area contributed by atoms with Crippen molar-refractivity contribution < 1.29 is 17.9 Å². The quantitative estimate of drug-likeness (QED) is 0.679. The molecule has 0 amide bonds. The molecule has 1 fully saturated rings. The van der Waals surface area contributed by atoms with E-state index in [4.69, 9.17) is 12.2 Å². The highest BCUT2D eigenvalue weighted by Gasteiger charge is 2.30. The van der Waals surface area contributed by atoms with Gasteiger partial charge in [0.15, 0.2) is 5.11 Å². The van der Waals surface area contributed by atoms with Crippen LogP contribution in [0.3, 0.4) is 0 Å². The van der Waals surface area contributed by atoms with Crippen LogP contribution in [0.5, 0.6) is 5.75 Å². The van der Waals surface area contributed by atoms with Gasteiger partial charge in [0.05, 0.1) is 0 Å². The normalized spacial score (nSPS) is 14.7. The number of thiocarbonyl (C=S) groups is 1. The van der Waals surface area contributed by atoms with Gasteiger partial charge in [0.1, 0.15) is 5.75 Å². The molecule has 0 spiro atoms. The summed E-state index contributed by atoms with van der Waals surface area (Å²) in [6.45, 7) is 3.77. The standard InChI is InChI=1S/C20H22F3N3OS/c21-20(22,23)27-18-9-7-17(8-10-18)25-19(28)24-13-15-5-1-2-6-16(15)14-26-11-3-4-12-26/h1-2,5-10H,3-4,11-14H2,(H2,24,25,28). The Labute approximate surface area is 167 Å². The third kappa shape index (κ3) is 6.38. The summed E-state index contributed by atoms with van der Waals surface area (Å²) in [6, 6.07) is 13.7. The number of hydrogen-bond donors (Lipinski definition) is 2. The fourth-order valence-corrected chi connectivity index (χ4v) is 3.35. The maximum Gasteiger partial charge on any atom is 0.573 e. The third-order valence-electron chi connectivity index (χ3n) is 4.50. The Balaban J connectivity index is 1.52. The number of nitrogens with zero attached hydrogens (tertiary/aromatic N) is 1. The molecule has 8 heteroatoms. The largest absolute Gasteiger partial charge is 0.573 e. The van der Waals surface area contributed by atoms with Crippen molar-refractivity contribution in [3.63, 3.8) is 0 Å². The van der Waals surface area contributed by atoms with Crippen molar-refractivity contribution in [2.45, 2.75) is 32.3 Å². The maximum absolute atomic E-state index is 12.2. The number of anilines is 1. The van der Waals surface area contributed by atoms with Crippen molar-refractivity contribution in [3.8, 4) is 5.75 Å². The number of rotatable bonds is 6. The van der Waals surface area contributed by atoms with Crippen LogP contribution in [0.25, 0.3) is 0 Å². The van der Waals surface area contributed by atoms with Crippen molar-refractivity contribution in [1.29, 1.82) is 0 Å². The van der Waals surface area contributed by atoms with E-state index < -0.39 is 6.36 Å². The number of hydrogen-bond acceptors (Lipinski definition) is 3. The summed E-state index contributed by atoms with van der Waals surface area (Å²) in [5, 5.41) is 6.53. The van der Waals surface area contributed by atoms with Crippen LogP contribution in [-0.2, 0) is 13.1 Å². The van der Waals surface area contributed by atoms with Gasteiger partial charge < -0.3 is 15.4 Å². The second kappa shape index (κ2) is 9.25. The zero-order valence-corrected chi connectivity index (χ0v) is 16.1. The Morgan fingerprint density at radius 3 is 2.29 bits per heavy atom. The topological polar surface area (TPSA) is 36.5 Å². The van der Waals surface area contributed by atoms with Crippen LogP contribution in [-0.4, -0.2) is 29.5 Å². The van der Waals surface area contributed by atoms with Gasteiger partial charge in [-0.05, 0) is 73.5 Å². The molecule has 1 aliphatic heterocycles. The first-order chi connectivity index (χ1) is 13.4. The van der Waals surface area contributed by atoms with Gasteiger partial charge >= 0.3 is 6.36 Å². The van der Waals surface area contributed by atoms with Crippen LogP contribution in [0.2, 0.25) is 0 Å². The highest BCUT2D eigenvalue weighted by molar-refractivity contribution is 7.80. The molecule has 3 rings (SSSR count). The Hall–Kier alpha value is -2.32. The maximum atomic E-state index is 12.2. The number of benzene rings is 2. The summed E-state index contributed by atoms with van der Waals surface area (Å²) in [4.78, 5) is 2.44. The average molecular weight is 409 g/mol. The Kier molecular flexibility index (Phi) is 6.74. The second-order valence-electron chi connectivity index (χ2n) is 6.63. The van der Waals surface area contributed by atoms with Crippen molar-refractivity contribution in [3.05, 3.63) is 59.7 Å². The van der Waals surface area contributed by atoms with E-state index in [-0.39, 0.29) is 5.75 Å². The lowest BCUT2D eigenvalue weighted by Gasteiger charge is -2.18. The lowest BCUT2D eigenvalue weighted by atomic mass is 10.1. The molecule has 0 saturated carbocycles. The van der Waals surface area contributed by atoms with Gasteiger partial charge in [-0.15, -0.1) is 13.2 Å². The van der Waals surface area contributed by atoms with Crippen molar-refractivity contribution in [2.75, 3.05) is 18.4 Å². The first kappa shape index (κ1) is 20.4. The third-order valence-corrected chi connectivity index (χ3v) is 4.74. The van der Waals surface area contributed by atoms with Crippen LogP contribution in [0.1, 0.15) is 24.0 Å². The van der Waals surface area contributed by atoms with E-state index in [0.29, 0.717) is 17.3 Å². The van der Waals surface area contributed by atoms with E-state index in [0.717, 1.165) is 19.6 Å². The van der Waals surface area contributed by atoms with E-state index in [2.05, 4.69) is 32.4 Å². The fourth-order valence-electron chi connectivity index (χ4n) is 3.16. The van der Waals surface area contributed by atoms with Crippen LogP contribution in [0.4, 0.5) is 18.9 Å². The molecule has 0 atom stereocenters. The number of alkyl halides is 3. The fraction of sp³-hybridized carbons (Fsp3) is 0.350. The molecule has 0 bridgehead atoms. The summed E-state index contributed by atoms with van der Waals surface area (Å²) in [5.74, 6) is -0.271. The molecule has 0 aromatic heterocycles. The number of nitrogens with one attached hydrogen (secondary N) is 2. The molecule has 0 radical (unpaired) electrons. The van der Waals surface area contributed by atoms with Crippen molar-refractivity contribution >= 4 is 23.0 Å². The zero-order valence-electron chi connectivity index (χ0n) is 15.3. The van der Waals surface area contributed by atoms with Gasteiger partial charge in [-0.2, -0.15) is 0 Å². The SMILES string of the molecule is FC(F)(F)Oc1ccc(NC(=S)NCc2ccccc2CN2CCCC2)cc1. The molecule has 2 N–H and O–H groups in total. The molecule has 28 heavy (non-hydrogen) atoms. The molecule has 0 aliphatic carbocycles. The number of halogens is 3. The van der Waals surface area contributed by atoms with E-state index in [1.54, 1.807) is 0 Å². The molecule has 2 aromatic rings. The average Bonchev–Trinajstić information content (AvgIpc) is 3.14. The molecule has 2 aromatic carbocycles. The van der Waals surface area contributed by atoms with E-state index in [1.165, 1.54) is 48.2 Å². The minimum absolute atomic E-state index is 0.271. The summed E-state index contributed by atoms with van der Waals surface area (Å²) in [6.07, 6.45) is -2.20. The highest BCUT2D eigenvalue weighted by Crippen LogP contribution is 2.24. The molecular weight excluding hydrogens is 387 g/mol. The molecule has 1 saturated heterocycles. The predicted octanol–water partition coefficient (Wildman–Crippen LogP) is 4.67. The number of likely N-dealkylation sites (tertiary alicyclic amines) is 1. The van der Waals surface area contributed by atoms with Gasteiger partial charge in [-0.3, -0.25) is 4.90 Å². The van der Waals surface area contributed by atoms with Gasteiger partial charge in [0.2, 0.25) is 0 Å². The molecule has 1 aliphatic rings. The lowest BCUT2D eigenvalue weighted by Crippen LogP contribution is -2.29. The van der Waals surface area contributed by atoms with Crippen LogP contribution in [0.15, 0.2) is 48.5 Å². The minimum Gasteiger partial charge on any atom is -0.406 e. The van der Waals surface area contributed by atoms with Gasteiger partial charge in [-0.25, -0.2) is 0 Å². The van der Waals surface area contributed by atoms with Gasteiger partial charge in [0.25, 0.3) is 0 Å². The minimum atomic E-state index is -4.70. The van der Waals surface area contributed by atoms with Crippen LogP contribution in [0, 0.1) is 0 Å². The molecule has 150 valence electrons. The molecule has 1 heterocycles. The van der Waals surface area contributed by atoms with Gasteiger partial charge in [-0.1, -0.05) is 24.3 Å². The van der Waals surface area contributed by atoms with Crippen molar-refractivity contribution in [2.24, 2.45) is 0 Å². The zero-order chi connectivity index (χ0) is 20.0. The summed E-state index contributed by atoms with van der Waals surface area (Å²) in [5.41, 5.74) is 3.03. The first-order valence-electron chi connectivity index (χ1n) is 9.09. The highest BCUT2D eigenvalue weighted by atomic mass is 32.1. The Bertz CT molecular complexity index is 790. The van der Waals surface area contributed by atoms with E-state index >= 15 is 0 Å². The summed E-state index contributed by atoms with van der Waals surface area (Å²) < 4.78 is 40.5. The van der Waals surface area contributed by atoms with E-state index in [9.17, 15) is 13.2 Å². The lowest BCUT2D eigenvalue weighted by molar-refractivity contribution is -0.274. The van der Waals surface area contributed by atoms with Crippen LogP contribution >= 0.6 is 12.2 Å². The van der Waals surface area contributed by atoms with Gasteiger partial charge in [0, 0.05) is 18.8 Å². The summed E-state index contributed by atoms with van der Waals surface area (Å²) >= 11 is 5.30. The number of ether oxygens (including phenoxy) is 1. The molecular formula is C20H22F3N3OS. The second-order valence-corrected chi connectivity index (χ2v) is 7.04. The van der Waals surface area contributed by atoms with Crippen molar-refractivity contribution in [1.82, 2.24) is 10.2 Å². The summed E-state index contributed by atoms with van der Waals surface area (Å²) in [7, 11) is 0. The first-order valence-corrected chi connectivity index (χ1v) is 9.50. The Morgan fingerprint density at radius 1 is 1.00 bits per heavy atom. The molecule has 4 nitrogen and oxygen atoms in total.